The van der Waals surface area contributed by atoms with Crippen LogP contribution in [-0.4, -0.2) is 11.8 Å². The molecule has 1 aliphatic rings. The first kappa shape index (κ1) is 20.8. The van der Waals surface area contributed by atoms with Crippen molar-refractivity contribution < 1.29 is 14.0 Å². The molecule has 0 unspecified atom stereocenters. The van der Waals surface area contributed by atoms with Crippen molar-refractivity contribution in [1.82, 2.24) is 10.6 Å². The van der Waals surface area contributed by atoms with Crippen LogP contribution in [0.25, 0.3) is 0 Å². The number of rotatable bonds is 7. The van der Waals surface area contributed by atoms with Crippen LogP contribution in [0.15, 0.2) is 66.7 Å². The third kappa shape index (κ3) is 5.57. The topological polar surface area (TPSA) is 58.2 Å². The largest absolute Gasteiger partial charge is 0.348 e. The van der Waals surface area contributed by atoms with Gasteiger partial charge in [-0.3, -0.25) is 9.59 Å². The molecule has 0 aromatic heterocycles. The Morgan fingerprint density at radius 3 is 1.77 bits per heavy atom. The van der Waals surface area contributed by atoms with Crippen LogP contribution in [0, 0.1) is 12.7 Å². The number of hydrogen-bond acceptors (Lipinski definition) is 2. The molecule has 1 aliphatic carbocycles. The first-order valence-electron chi connectivity index (χ1n) is 10.5. The molecule has 4 rings (SSSR count). The normalized spacial score (nSPS) is 13.0. The molecule has 5 heteroatoms. The number of hydrogen-bond donors (Lipinski definition) is 2. The zero-order valence-corrected chi connectivity index (χ0v) is 17.5. The fourth-order valence-electron chi connectivity index (χ4n) is 3.44. The van der Waals surface area contributed by atoms with E-state index in [-0.39, 0.29) is 17.6 Å². The standard InChI is InChI=1S/C26H25FN2O2/c1-17-2-4-18(5-3-17)15-28-25(30)22-12-21(20-8-9-20)13-23(14-22)26(31)29-16-19-6-10-24(27)11-7-19/h2-7,10-14,20H,8-9,15-16H2,1H3,(H,28,30)(H,29,31). The molecular weight excluding hydrogens is 391 g/mol. The van der Waals surface area contributed by atoms with E-state index < -0.39 is 0 Å². The smallest absolute Gasteiger partial charge is 0.251 e. The van der Waals surface area contributed by atoms with Crippen molar-refractivity contribution in [3.63, 3.8) is 0 Å². The summed E-state index contributed by atoms with van der Waals surface area (Å²) in [5, 5.41) is 5.80. The van der Waals surface area contributed by atoms with Gasteiger partial charge >= 0.3 is 0 Å². The van der Waals surface area contributed by atoms with E-state index in [1.165, 1.54) is 17.7 Å². The van der Waals surface area contributed by atoms with Crippen LogP contribution in [0.3, 0.4) is 0 Å². The van der Waals surface area contributed by atoms with Crippen LogP contribution in [-0.2, 0) is 13.1 Å². The molecule has 0 spiro atoms. The Balaban J connectivity index is 1.46. The minimum Gasteiger partial charge on any atom is -0.348 e. The van der Waals surface area contributed by atoms with Crippen LogP contribution >= 0.6 is 0 Å². The van der Waals surface area contributed by atoms with Gasteiger partial charge in [0.1, 0.15) is 5.82 Å². The molecule has 0 aliphatic heterocycles. The number of amides is 2. The Morgan fingerprint density at radius 2 is 1.29 bits per heavy atom. The molecule has 3 aromatic carbocycles. The number of carbonyl (C=O) groups is 2. The summed E-state index contributed by atoms with van der Waals surface area (Å²) in [4.78, 5) is 25.5. The molecule has 0 atom stereocenters. The Bertz CT molecular complexity index is 1010. The van der Waals surface area contributed by atoms with Gasteiger partial charge in [0.2, 0.25) is 0 Å². The highest BCUT2D eigenvalue weighted by molar-refractivity contribution is 6.00. The van der Waals surface area contributed by atoms with E-state index in [1.54, 1.807) is 18.2 Å². The second kappa shape index (κ2) is 9.13. The zero-order valence-electron chi connectivity index (χ0n) is 17.5. The second-order valence-corrected chi connectivity index (χ2v) is 8.10. The van der Waals surface area contributed by atoms with Crippen molar-refractivity contribution in [2.45, 2.75) is 38.8 Å². The quantitative estimate of drug-likeness (QED) is 0.577. The van der Waals surface area contributed by atoms with Crippen molar-refractivity contribution in [1.29, 1.82) is 0 Å². The molecule has 0 bridgehead atoms. The predicted octanol–water partition coefficient (Wildman–Crippen LogP) is 4.87. The lowest BCUT2D eigenvalue weighted by Crippen LogP contribution is -2.25. The van der Waals surface area contributed by atoms with Crippen molar-refractivity contribution >= 4 is 11.8 Å². The van der Waals surface area contributed by atoms with Gasteiger partial charge in [-0.05, 0) is 72.7 Å². The van der Waals surface area contributed by atoms with Crippen LogP contribution < -0.4 is 10.6 Å². The molecule has 158 valence electrons. The predicted molar refractivity (Wildman–Crippen MR) is 118 cm³/mol. The van der Waals surface area contributed by atoms with Crippen LogP contribution in [0.5, 0.6) is 0 Å². The molecule has 3 aromatic rings. The fourth-order valence-corrected chi connectivity index (χ4v) is 3.44. The van der Waals surface area contributed by atoms with Gasteiger partial charge in [-0.25, -0.2) is 4.39 Å². The molecule has 1 saturated carbocycles. The second-order valence-electron chi connectivity index (χ2n) is 8.10. The number of carbonyl (C=O) groups excluding carboxylic acids is 2. The van der Waals surface area contributed by atoms with E-state index in [2.05, 4.69) is 10.6 Å². The molecule has 0 saturated heterocycles. The van der Waals surface area contributed by atoms with E-state index >= 15 is 0 Å². The van der Waals surface area contributed by atoms with Gasteiger partial charge in [0, 0.05) is 24.2 Å². The van der Waals surface area contributed by atoms with Gasteiger partial charge in [0.15, 0.2) is 0 Å². The summed E-state index contributed by atoms with van der Waals surface area (Å²) < 4.78 is 13.1. The minimum atomic E-state index is -0.312. The van der Waals surface area contributed by atoms with Gasteiger partial charge in [-0.2, -0.15) is 0 Å². The van der Waals surface area contributed by atoms with E-state index in [1.807, 2.05) is 43.3 Å². The van der Waals surface area contributed by atoms with E-state index in [4.69, 9.17) is 0 Å². The summed E-state index contributed by atoms with van der Waals surface area (Å²) in [6, 6.07) is 19.4. The fraction of sp³-hybridized carbons (Fsp3) is 0.231. The lowest BCUT2D eigenvalue weighted by atomic mass is 10.0. The van der Waals surface area contributed by atoms with Gasteiger partial charge in [-0.15, -0.1) is 0 Å². The highest BCUT2D eigenvalue weighted by atomic mass is 19.1. The number of benzene rings is 3. The first-order valence-corrected chi connectivity index (χ1v) is 10.5. The molecule has 0 radical (unpaired) electrons. The third-order valence-corrected chi connectivity index (χ3v) is 5.47. The number of aryl methyl sites for hydroxylation is 1. The average Bonchev–Trinajstić information content (AvgIpc) is 3.63. The molecule has 1 fully saturated rings. The Hall–Kier alpha value is -3.47. The molecular formula is C26H25FN2O2. The SMILES string of the molecule is Cc1ccc(CNC(=O)c2cc(C(=O)NCc3ccc(F)cc3)cc(C3CC3)c2)cc1. The van der Waals surface area contributed by atoms with Gasteiger partial charge in [0.25, 0.3) is 11.8 Å². The molecule has 2 amide bonds. The lowest BCUT2D eigenvalue weighted by Gasteiger charge is -2.11. The Kier molecular flexibility index (Phi) is 6.12. The molecule has 4 nitrogen and oxygen atoms in total. The van der Waals surface area contributed by atoms with Gasteiger partial charge in [0.05, 0.1) is 0 Å². The van der Waals surface area contributed by atoms with E-state index in [0.29, 0.717) is 30.1 Å². The monoisotopic (exact) mass is 416 g/mol. The maximum absolute atomic E-state index is 13.1. The summed E-state index contributed by atoms with van der Waals surface area (Å²) in [7, 11) is 0. The molecule has 2 N–H and O–H groups in total. The number of halogens is 1. The van der Waals surface area contributed by atoms with Gasteiger partial charge in [-0.1, -0.05) is 42.0 Å². The summed E-state index contributed by atoms with van der Waals surface area (Å²) in [5.74, 6) is -0.350. The third-order valence-electron chi connectivity index (χ3n) is 5.47. The van der Waals surface area contributed by atoms with E-state index in [9.17, 15) is 14.0 Å². The van der Waals surface area contributed by atoms with Crippen molar-refractivity contribution in [3.8, 4) is 0 Å². The van der Waals surface area contributed by atoms with Crippen LogP contribution in [0.4, 0.5) is 4.39 Å². The number of nitrogens with one attached hydrogen (secondary N) is 2. The highest BCUT2D eigenvalue weighted by Crippen LogP contribution is 2.40. The van der Waals surface area contributed by atoms with Crippen molar-refractivity contribution in [3.05, 3.63) is 106 Å². The zero-order chi connectivity index (χ0) is 21.8. The van der Waals surface area contributed by atoms with E-state index in [0.717, 1.165) is 29.5 Å². The summed E-state index contributed by atoms with van der Waals surface area (Å²) in [5.41, 5.74) is 4.98. The van der Waals surface area contributed by atoms with Crippen LogP contribution in [0.1, 0.15) is 61.7 Å². The first-order chi connectivity index (χ1) is 15.0. The molecule has 0 heterocycles. The average molecular weight is 416 g/mol. The summed E-state index contributed by atoms with van der Waals surface area (Å²) in [6.07, 6.45) is 2.15. The lowest BCUT2D eigenvalue weighted by molar-refractivity contribution is 0.0950. The maximum atomic E-state index is 13.1. The van der Waals surface area contributed by atoms with Crippen LogP contribution in [0.2, 0.25) is 0 Å². The van der Waals surface area contributed by atoms with Crippen molar-refractivity contribution in [2.24, 2.45) is 0 Å². The summed E-state index contributed by atoms with van der Waals surface area (Å²) >= 11 is 0. The highest BCUT2D eigenvalue weighted by Gasteiger charge is 2.26. The van der Waals surface area contributed by atoms with Crippen molar-refractivity contribution in [2.75, 3.05) is 0 Å². The van der Waals surface area contributed by atoms with Gasteiger partial charge < -0.3 is 10.6 Å². The molecule has 31 heavy (non-hydrogen) atoms. The maximum Gasteiger partial charge on any atom is 0.251 e. The summed E-state index contributed by atoms with van der Waals surface area (Å²) in [6.45, 7) is 2.75. The minimum absolute atomic E-state index is 0.198. The Morgan fingerprint density at radius 1 is 0.806 bits per heavy atom. The Labute approximate surface area is 181 Å².